The van der Waals surface area contributed by atoms with Gasteiger partial charge in [-0.25, -0.2) is 0 Å². The van der Waals surface area contributed by atoms with Gasteiger partial charge in [0.05, 0.1) is 0 Å². The van der Waals surface area contributed by atoms with E-state index in [0.29, 0.717) is 0 Å². The van der Waals surface area contributed by atoms with Crippen molar-refractivity contribution in [2.24, 2.45) is 0 Å². The molecule has 0 heteroatoms. The van der Waals surface area contributed by atoms with Gasteiger partial charge in [-0.2, -0.15) is 0 Å². The van der Waals surface area contributed by atoms with Gasteiger partial charge in [-0.15, -0.1) is 0 Å². The topological polar surface area (TPSA) is 0 Å². The van der Waals surface area contributed by atoms with Crippen LogP contribution in [0, 0.1) is 0 Å². The van der Waals surface area contributed by atoms with E-state index in [9.17, 15) is 0 Å². The molecule has 0 aliphatic heterocycles. The van der Waals surface area contributed by atoms with E-state index in [-0.39, 0.29) is 0 Å². The van der Waals surface area contributed by atoms with Crippen LogP contribution in [0.25, 0.3) is 76.5 Å². The SMILES string of the molecule is c1ccc(-c2cc3cc(-c4ccc(-c5cccc6ccccc56)cc4)c4ccccc4c3c3ccccc23)cc1. The van der Waals surface area contributed by atoms with Crippen LogP contribution >= 0.6 is 0 Å². The molecular weight excluding hydrogens is 480 g/mol. The van der Waals surface area contributed by atoms with Gasteiger partial charge in [0.25, 0.3) is 0 Å². The van der Waals surface area contributed by atoms with Crippen molar-refractivity contribution in [1.82, 2.24) is 0 Å². The van der Waals surface area contributed by atoms with Gasteiger partial charge >= 0.3 is 0 Å². The first kappa shape index (κ1) is 22.8. The Bertz CT molecular complexity index is 2180. The van der Waals surface area contributed by atoms with Crippen LogP contribution in [0.3, 0.4) is 0 Å². The first-order chi connectivity index (χ1) is 19.8. The van der Waals surface area contributed by atoms with Gasteiger partial charge in [0.1, 0.15) is 0 Å². The molecule has 0 heterocycles. The first-order valence-electron chi connectivity index (χ1n) is 13.9. The van der Waals surface area contributed by atoms with E-state index in [4.69, 9.17) is 0 Å². The van der Waals surface area contributed by atoms with E-state index in [1.165, 1.54) is 76.5 Å². The number of hydrogen-bond acceptors (Lipinski definition) is 0. The molecule has 0 nitrogen and oxygen atoms in total. The second-order valence-electron chi connectivity index (χ2n) is 10.5. The highest BCUT2D eigenvalue weighted by Crippen LogP contribution is 2.42. The molecule has 0 radical (unpaired) electrons. The number of rotatable bonds is 3. The molecule has 0 aromatic heterocycles. The van der Waals surface area contributed by atoms with E-state index >= 15 is 0 Å². The summed E-state index contributed by atoms with van der Waals surface area (Å²) in [5.74, 6) is 0. The molecule has 0 amide bonds. The van der Waals surface area contributed by atoms with E-state index in [1.807, 2.05) is 0 Å². The Morgan fingerprint density at radius 1 is 0.250 bits per heavy atom. The lowest BCUT2D eigenvalue weighted by Gasteiger charge is -2.16. The van der Waals surface area contributed by atoms with Crippen LogP contribution in [-0.2, 0) is 0 Å². The molecule has 0 spiro atoms. The van der Waals surface area contributed by atoms with Crippen LogP contribution in [0.15, 0.2) is 158 Å². The van der Waals surface area contributed by atoms with Gasteiger partial charge in [0.15, 0.2) is 0 Å². The van der Waals surface area contributed by atoms with Gasteiger partial charge in [-0.3, -0.25) is 0 Å². The summed E-state index contributed by atoms with van der Waals surface area (Å²) in [5.41, 5.74) is 7.53. The van der Waals surface area contributed by atoms with Crippen molar-refractivity contribution in [3.05, 3.63) is 158 Å². The monoisotopic (exact) mass is 506 g/mol. The summed E-state index contributed by atoms with van der Waals surface area (Å²) in [4.78, 5) is 0. The van der Waals surface area contributed by atoms with Crippen molar-refractivity contribution in [2.75, 3.05) is 0 Å². The van der Waals surface area contributed by atoms with Crippen molar-refractivity contribution in [1.29, 1.82) is 0 Å². The fourth-order valence-corrected chi connectivity index (χ4v) is 6.38. The lowest BCUT2D eigenvalue weighted by Crippen LogP contribution is -1.89. The summed E-state index contributed by atoms with van der Waals surface area (Å²) in [7, 11) is 0. The zero-order chi connectivity index (χ0) is 26.5. The van der Waals surface area contributed by atoms with Crippen LogP contribution in [0.5, 0.6) is 0 Å². The van der Waals surface area contributed by atoms with E-state index in [0.717, 1.165) is 0 Å². The Balaban J connectivity index is 1.37. The summed E-state index contributed by atoms with van der Waals surface area (Å²) in [5, 5.41) is 10.3. The third-order valence-corrected chi connectivity index (χ3v) is 8.24. The predicted octanol–water partition coefficient (Wildman–Crippen LogP) is 11.3. The zero-order valence-electron chi connectivity index (χ0n) is 22.0. The average Bonchev–Trinajstić information content (AvgIpc) is 3.04. The van der Waals surface area contributed by atoms with Crippen LogP contribution in [0.2, 0.25) is 0 Å². The molecule has 0 saturated carbocycles. The fourth-order valence-electron chi connectivity index (χ4n) is 6.38. The van der Waals surface area contributed by atoms with Gasteiger partial charge in [0, 0.05) is 0 Å². The Hall–Kier alpha value is -5.20. The smallest absolute Gasteiger partial charge is 0.00259 e. The Morgan fingerprint density at radius 2 is 0.700 bits per heavy atom. The first-order valence-corrected chi connectivity index (χ1v) is 13.9. The highest BCUT2D eigenvalue weighted by molar-refractivity contribution is 6.25. The van der Waals surface area contributed by atoms with Gasteiger partial charge in [0.2, 0.25) is 0 Å². The molecule has 8 aromatic rings. The van der Waals surface area contributed by atoms with Gasteiger partial charge in [-0.1, -0.05) is 146 Å². The summed E-state index contributed by atoms with van der Waals surface area (Å²) in [6.07, 6.45) is 0. The molecule has 0 aliphatic rings. The molecule has 0 saturated heterocycles. The predicted molar refractivity (Wildman–Crippen MR) is 173 cm³/mol. The lowest BCUT2D eigenvalue weighted by molar-refractivity contribution is 1.63. The second kappa shape index (κ2) is 9.22. The minimum absolute atomic E-state index is 1.23. The number of fused-ring (bicyclic) bond motifs is 6. The normalized spacial score (nSPS) is 11.5. The number of hydrogen-bond donors (Lipinski definition) is 0. The molecule has 8 rings (SSSR count). The molecule has 40 heavy (non-hydrogen) atoms. The van der Waals surface area contributed by atoms with E-state index in [1.54, 1.807) is 0 Å². The fraction of sp³-hybridized carbons (Fsp3) is 0. The maximum atomic E-state index is 2.39. The largest absolute Gasteiger partial charge is 0.0622 e. The van der Waals surface area contributed by atoms with Crippen LogP contribution in [0.4, 0.5) is 0 Å². The quantitative estimate of drug-likeness (QED) is 0.209. The summed E-state index contributed by atoms with van der Waals surface area (Å²) in [6, 6.07) is 57.5. The minimum Gasteiger partial charge on any atom is -0.0622 e. The van der Waals surface area contributed by atoms with Crippen LogP contribution in [0.1, 0.15) is 0 Å². The lowest BCUT2D eigenvalue weighted by atomic mass is 9.87. The maximum absolute atomic E-state index is 2.39. The molecule has 0 bridgehead atoms. The average molecular weight is 507 g/mol. The van der Waals surface area contributed by atoms with Crippen molar-refractivity contribution >= 4 is 43.1 Å². The molecular formula is C40H26. The number of benzene rings is 8. The molecule has 8 aromatic carbocycles. The highest BCUT2D eigenvalue weighted by atomic mass is 14.2. The third kappa shape index (κ3) is 3.61. The summed E-state index contributed by atoms with van der Waals surface area (Å²) >= 11 is 0. The van der Waals surface area contributed by atoms with Gasteiger partial charge in [-0.05, 0) is 88.6 Å². The minimum atomic E-state index is 1.23. The van der Waals surface area contributed by atoms with E-state index in [2.05, 4.69) is 158 Å². The zero-order valence-corrected chi connectivity index (χ0v) is 22.0. The third-order valence-electron chi connectivity index (χ3n) is 8.24. The maximum Gasteiger partial charge on any atom is -0.00259 e. The Morgan fingerprint density at radius 3 is 1.32 bits per heavy atom. The summed E-state index contributed by atoms with van der Waals surface area (Å²) in [6.45, 7) is 0. The van der Waals surface area contributed by atoms with Gasteiger partial charge < -0.3 is 0 Å². The van der Waals surface area contributed by atoms with Crippen molar-refractivity contribution in [3.8, 4) is 33.4 Å². The Labute approximate surface area is 233 Å². The second-order valence-corrected chi connectivity index (χ2v) is 10.5. The van der Waals surface area contributed by atoms with Crippen LogP contribution in [-0.4, -0.2) is 0 Å². The highest BCUT2D eigenvalue weighted by Gasteiger charge is 2.14. The molecule has 0 atom stereocenters. The molecule has 0 N–H and O–H groups in total. The molecule has 186 valence electrons. The van der Waals surface area contributed by atoms with Crippen molar-refractivity contribution < 1.29 is 0 Å². The summed E-state index contributed by atoms with van der Waals surface area (Å²) < 4.78 is 0. The molecule has 0 unspecified atom stereocenters. The van der Waals surface area contributed by atoms with E-state index < -0.39 is 0 Å². The molecule has 0 aliphatic carbocycles. The van der Waals surface area contributed by atoms with Crippen molar-refractivity contribution in [2.45, 2.75) is 0 Å². The Kier molecular flexibility index (Phi) is 5.24. The standard InChI is InChI=1S/C40H26/c1-2-11-28(12-3-1)38-25-31-26-39(35-17-7-9-19-37(35)40(31)36-18-8-6-16-34(36)38)30-23-21-29(22-24-30)33-20-10-14-27-13-4-5-15-32(27)33/h1-26H. The molecule has 0 fully saturated rings. The van der Waals surface area contributed by atoms with Crippen LogP contribution < -0.4 is 0 Å². The van der Waals surface area contributed by atoms with Crippen molar-refractivity contribution in [3.63, 3.8) is 0 Å².